The van der Waals surface area contributed by atoms with Gasteiger partial charge in [-0.1, -0.05) is 12.1 Å². The number of fused-ring (bicyclic) bond motifs is 1. The number of amides is 2. The maximum Gasteiger partial charge on any atom is 0.272 e. The molecule has 0 unspecified atom stereocenters. The average molecular weight is 338 g/mol. The van der Waals surface area contributed by atoms with Crippen molar-refractivity contribution in [1.29, 1.82) is 0 Å². The number of pyridine rings is 2. The van der Waals surface area contributed by atoms with Crippen LogP contribution in [0.4, 0.5) is 0 Å². The van der Waals surface area contributed by atoms with Crippen LogP contribution in [0.5, 0.6) is 0 Å². The number of likely N-dealkylation sites (tertiary alicyclic amines) is 1. The van der Waals surface area contributed by atoms with Gasteiger partial charge in [0.2, 0.25) is 5.91 Å². The van der Waals surface area contributed by atoms with Crippen LogP contribution in [0.1, 0.15) is 16.2 Å². The molecule has 2 amide bonds. The molecule has 128 valence electrons. The summed E-state index contributed by atoms with van der Waals surface area (Å²) >= 11 is 0. The first-order valence-corrected chi connectivity index (χ1v) is 8.23. The summed E-state index contributed by atoms with van der Waals surface area (Å²) in [5, 5.41) is 0. The minimum absolute atomic E-state index is 0.0413. The quantitative estimate of drug-likeness (QED) is 0.825. The topological polar surface area (TPSA) is 75.6 Å². The SMILES string of the molecule is O=C(c1ccccn1)N1C[C@@H]2OCC(=O)N(Cc3ccccn3)[C@@H]2C1. The molecule has 7 heteroatoms. The van der Waals surface area contributed by atoms with Gasteiger partial charge in [0.25, 0.3) is 5.91 Å². The number of carbonyl (C=O) groups is 2. The van der Waals surface area contributed by atoms with Crippen LogP contribution in [0.3, 0.4) is 0 Å². The van der Waals surface area contributed by atoms with E-state index in [9.17, 15) is 9.59 Å². The van der Waals surface area contributed by atoms with Gasteiger partial charge in [-0.25, -0.2) is 0 Å². The third-order valence-electron chi connectivity index (χ3n) is 4.61. The van der Waals surface area contributed by atoms with Gasteiger partial charge in [-0.05, 0) is 24.3 Å². The third-order valence-corrected chi connectivity index (χ3v) is 4.61. The van der Waals surface area contributed by atoms with Gasteiger partial charge < -0.3 is 14.5 Å². The fraction of sp³-hybridized carbons (Fsp3) is 0.333. The highest BCUT2D eigenvalue weighted by molar-refractivity contribution is 5.92. The lowest BCUT2D eigenvalue weighted by molar-refractivity contribution is -0.154. The van der Waals surface area contributed by atoms with Crippen molar-refractivity contribution in [2.45, 2.75) is 18.7 Å². The van der Waals surface area contributed by atoms with Crippen LogP contribution in [0.2, 0.25) is 0 Å². The van der Waals surface area contributed by atoms with Gasteiger partial charge in [-0.3, -0.25) is 19.6 Å². The highest BCUT2D eigenvalue weighted by Crippen LogP contribution is 2.25. The van der Waals surface area contributed by atoms with Gasteiger partial charge in [0.1, 0.15) is 12.3 Å². The Bertz CT molecular complexity index is 768. The number of rotatable bonds is 3. The van der Waals surface area contributed by atoms with Crippen LogP contribution in [0.15, 0.2) is 48.8 Å². The summed E-state index contributed by atoms with van der Waals surface area (Å²) in [6.07, 6.45) is 3.14. The van der Waals surface area contributed by atoms with E-state index in [0.717, 1.165) is 5.69 Å². The Hall–Kier alpha value is -2.80. The normalized spacial score (nSPS) is 22.8. The zero-order valence-corrected chi connectivity index (χ0v) is 13.6. The molecule has 4 heterocycles. The molecular formula is C18H18N4O3. The van der Waals surface area contributed by atoms with E-state index in [-0.39, 0.29) is 30.6 Å². The van der Waals surface area contributed by atoms with Crippen LogP contribution < -0.4 is 0 Å². The molecule has 2 atom stereocenters. The molecule has 0 saturated carbocycles. The number of nitrogens with zero attached hydrogens (tertiary/aromatic N) is 4. The Morgan fingerprint density at radius 3 is 2.64 bits per heavy atom. The molecule has 0 aliphatic carbocycles. The van der Waals surface area contributed by atoms with Crippen LogP contribution in [-0.2, 0) is 16.1 Å². The van der Waals surface area contributed by atoms with Crippen molar-refractivity contribution >= 4 is 11.8 Å². The van der Waals surface area contributed by atoms with E-state index < -0.39 is 0 Å². The molecule has 4 rings (SSSR count). The lowest BCUT2D eigenvalue weighted by atomic mass is 10.1. The average Bonchev–Trinajstić information content (AvgIpc) is 3.10. The highest BCUT2D eigenvalue weighted by Gasteiger charge is 2.44. The molecule has 2 aliphatic heterocycles. The number of carbonyl (C=O) groups excluding carboxylic acids is 2. The summed E-state index contributed by atoms with van der Waals surface area (Å²) in [6, 6.07) is 10.7. The van der Waals surface area contributed by atoms with Crippen LogP contribution in [0, 0.1) is 0 Å². The first-order chi connectivity index (χ1) is 12.2. The van der Waals surface area contributed by atoms with Crippen molar-refractivity contribution in [3.8, 4) is 0 Å². The summed E-state index contributed by atoms with van der Waals surface area (Å²) in [6.45, 7) is 1.38. The molecule has 25 heavy (non-hydrogen) atoms. The molecule has 2 fully saturated rings. The minimum atomic E-state index is -0.172. The monoisotopic (exact) mass is 338 g/mol. The zero-order chi connectivity index (χ0) is 17.2. The predicted molar refractivity (Wildman–Crippen MR) is 88.5 cm³/mol. The summed E-state index contributed by atoms with van der Waals surface area (Å²) in [4.78, 5) is 36.9. The predicted octanol–water partition coefficient (Wildman–Crippen LogP) is 0.729. The van der Waals surface area contributed by atoms with Crippen LogP contribution in [-0.4, -0.2) is 63.4 Å². The highest BCUT2D eigenvalue weighted by atomic mass is 16.5. The van der Waals surface area contributed by atoms with Gasteiger partial charge in [0.05, 0.1) is 24.4 Å². The number of ether oxygens (including phenoxy) is 1. The summed E-state index contributed by atoms with van der Waals surface area (Å²) in [5.41, 5.74) is 1.23. The molecule has 2 saturated heterocycles. The standard InChI is InChI=1S/C18H18N4O3/c23-17-12-25-16-11-21(18(24)14-6-2-4-8-20-14)10-15(16)22(17)9-13-5-1-3-7-19-13/h1-8,15-16H,9-12H2/t15-,16+/m1/s1. The van der Waals surface area contributed by atoms with Crippen LogP contribution in [0.25, 0.3) is 0 Å². The van der Waals surface area contributed by atoms with Crippen molar-refractivity contribution in [1.82, 2.24) is 19.8 Å². The Kier molecular flexibility index (Phi) is 4.15. The second kappa shape index (κ2) is 6.60. The summed E-state index contributed by atoms with van der Waals surface area (Å²) in [5.74, 6) is -0.206. The molecule has 0 bridgehead atoms. The Morgan fingerprint density at radius 2 is 1.92 bits per heavy atom. The Labute approximate surface area is 145 Å². The van der Waals surface area contributed by atoms with E-state index in [0.29, 0.717) is 25.3 Å². The van der Waals surface area contributed by atoms with E-state index in [1.165, 1.54) is 0 Å². The van der Waals surface area contributed by atoms with E-state index in [1.807, 2.05) is 18.2 Å². The van der Waals surface area contributed by atoms with Crippen molar-refractivity contribution in [2.75, 3.05) is 19.7 Å². The fourth-order valence-electron chi connectivity index (χ4n) is 3.35. The Balaban J connectivity index is 1.52. The van der Waals surface area contributed by atoms with Crippen molar-refractivity contribution in [2.24, 2.45) is 0 Å². The van der Waals surface area contributed by atoms with Crippen molar-refractivity contribution in [3.05, 3.63) is 60.2 Å². The largest absolute Gasteiger partial charge is 0.364 e. The van der Waals surface area contributed by atoms with E-state index in [2.05, 4.69) is 9.97 Å². The summed E-state index contributed by atoms with van der Waals surface area (Å²) in [7, 11) is 0. The minimum Gasteiger partial charge on any atom is -0.364 e. The lowest BCUT2D eigenvalue weighted by Crippen LogP contribution is -2.53. The van der Waals surface area contributed by atoms with E-state index in [4.69, 9.17) is 4.74 Å². The number of hydrogen-bond acceptors (Lipinski definition) is 5. The molecule has 0 radical (unpaired) electrons. The molecule has 7 nitrogen and oxygen atoms in total. The van der Waals surface area contributed by atoms with Gasteiger partial charge in [-0.15, -0.1) is 0 Å². The molecule has 2 aliphatic rings. The van der Waals surface area contributed by atoms with Gasteiger partial charge in [0.15, 0.2) is 0 Å². The van der Waals surface area contributed by atoms with Gasteiger partial charge in [0, 0.05) is 25.5 Å². The zero-order valence-electron chi connectivity index (χ0n) is 13.6. The maximum absolute atomic E-state index is 12.6. The molecule has 0 aromatic carbocycles. The lowest BCUT2D eigenvalue weighted by Gasteiger charge is -2.36. The van der Waals surface area contributed by atoms with Gasteiger partial charge >= 0.3 is 0 Å². The molecule has 2 aromatic rings. The first-order valence-electron chi connectivity index (χ1n) is 8.23. The fourth-order valence-corrected chi connectivity index (χ4v) is 3.35. The van der Waals surface area contributed by atoms with E-state index in [1.54, 1.807) is 40.4 Å². The molecule has 2 aromatic heterocycles. The molecule has 0 N–H and O–H groups in total. The summed E-state index contributed by atoms with van der Waals surface area (Å²) < 4.78 is 5.67. The van der Waals surface area contributed by atoms with Crippen molar-refractivity contribution in [3.63, 3.8) is 0 Å². The second-order valence-corrected chi connectivity index (χ2v) is 6.18. The smallest absolute Gasteiger partial charge is 0.272 e. The van der Waals surface area contributed by atoms with Crippen LogP contribution >= 0.6 is 0 Å². The van der Waals surface area contributed by atoms with Crippen molar-refractivity contribution < 1.29 is 14.3 Å². The number of morpholine rings is 1. The first kappa shape index (κ1) is 15.7. The third kappa shape index (κ3) is 3.10. The number of hydrogen-bond donors (Lipinski definition) is 0. The number of aromatic nitrogens is 2. The second-order valence-electron chi connectivity index (χ2n) is 6.18. The molecular weight excluding hydrogens is 320 g/mol. The maximum atomic E-state index is 12.6. The molecule has 0 spiro atoms. The van der Waals surface area contributed by atoms with E-state index >= 15 is 0 Å². The van der Waals surface area contributed by atoms with Gasteiger partial charge in [-0.2, -0.15) is 0 Å². The Morgan fingerprint density at radius 1 is 1.12 bits per heavy atom.